The van der Waals surface area contributed by atoms with Crippen molar-refractivity contribution < 1.29 is 22.7 Å². The first-order chi connectivity index (χ1) is 12.9. The first kappa shape index (κ1) is 24.5. The van der Waals surface area contributed by atoms with Crippen LogP contribution in [-0.2, 0) is 14.8 Å². The van der Waals surface area contributed by atoms with Crippen LogP contribution in [0.25, 0.3) is 0 Å². The van der Waals surface area contributed by atoms with E-state index in [9.17, 15) is 13.2 Å². The summed E-state index contributed by atoms with van der Waals surface area (Å²) in [5, 5.41) is 2.74. The number of nitrogens with two attached hydrogens (primary N) is 1. The van der Waals surface area contributed by atoms with Gasteiger partial charge in [0.25, 0.3) is 0 Å². The van der Waals surface area contributed by atoms with E-state index in [1.807, 2.05) is 13.8 Å². The molecule has 0 aromatic heterocycles. The number of rotatable bonds is 9. The van der Waals surface area contributed by atoms with Crippen LogP contribution in [0.1, 0.15) is 26.7 Å². The van der Waals surface area contributed by atoms with E-state index in [4.69, 9.17) is 15.2 Å². The normalized spacial score (nSPS) is 17.5. The predicted molar refractivity (Wildman–Crippen MR) is 110 cm³/mol. The lowest BCUT2D eigenvalue weighted by Crippen LogP contribution is -2.46. The van der Waals surface area contributed by atoms with Gasteiger partial charge < -0.3 is 20.5 Å². The average molecular weight is 436 g/mol. The van der Waals surface area contributed by atoms with Crippen LogP contribution in [0.15, 0.2) is 23.1 Å². The lowest BCUT2D eigenvalue weighted by molar-refractivity contribution is -0.126. The molecule has 160 valence electrons. The van der Waals surface area contributed by atoms with E-state index >= 15 is 0 Å². The second-order valence-electron chi connectivity index (χ2n) is 6.26. The Labute approximate surface area is 173 Å². The van der Waals surface area contributed by atoms with Gasteiger partial charge in [-0.3, -0.25) is 4.79 Å². The topological polar surface area (TPSA) is 111 Å². The highest BCUT2D eigenvalue weighted by Crippen LogP contribution is 2.32. The number of piperidine rings is 1. The van der Waals surface area contributed by atoms with E-state index in [-0.39, 0.29) is 35.7 Å². The Morgan fingerprint density at radius 2 is 1.93 bits per heavy atom. The zero-order valence-corrected chi connectivity index (χ0v) is 18.0. The summed E-state index contributed by atoms with van der Waals surface area (Å²) in [6.07, 6.45) is 1.30. The molecule has 28 heavy (non-hydrogen) atoms. The Morgan fingerprint density at radius 1 is 1.25 bits per heavy atom. The lowest BCUT2D eigenvalue weighted by Gasteiger charge is -2.31. The summed E-state index contributed by atoms with van der Waals surface area (Å²) in [5.41, 5.74) is 5.41. The molecular weight excluding hydrogens is 406 g/mol. The summed E-state index contributed by atoms with van der Waals surface area (Å²) in [6.45, 7) is 5.83. The Hall–Kier alpha value is -1.55. The van der Waals surface area contributed by atoms with E-state index < -0.39 is 10.0 Å². The fourth-order valence-electron chi connectivity index (χ4n) is 3.06. The zero-order chi connectivity index (χ0) is 19.9. The monoisotopic (exact) mass is 435 g/mol. The molecule has 0 aliphatic carbocycles. The van der Waals surface area contributed by atoms with Crippen molar-refractivity contribution in [3.63, 3.8) is 0 Å². The van der Waals surface area contributed by atoms with Gasteiger partial charge in [-0.05, 0) is 38.8 Å². The van der Waals surface area contributed by atoms with Crippen LogP contribution in [0, 0.1) is 5.92 Å². The molecule has 1 aliphatic heterocycles. The van der Waals surface area contributed by atoms with Crippen LogP contribution >= 0.6 is 12.4 Å². The maximum absolute atomic E-state index is 13.1. The number of hydrogen-bond acceptors (Lipinski definition) is 6. The van der Waals surface area contributed by atoms with Gasteiger partial charge in [-0.15, -0.1) is 12.4 Å². The van der Waals surface area contributed by atoms with Crippen molar-refractivity contribution in [1.29, 1.82) is 0 Å². The van der Waals surface area contributed by atoms with Crippen LogP contribution in [-0.4, -0.2) is 58.0 Å². The molecule has 1 saturated heterocycles. The number of nitrogens with one attached hydrogen (secondary N) is 1. The molecule has 1 aromatic carbocycles. The molecule has 1 aliphatic rings. The number of sulfonamides is 1. The lowest BCUT2D eigenvalue weighted by atomic mass is 9.99. The predicted octanol–water partition coefficient (Wildman–Crippen LogP) is 1.38. The number of halogens is 1. The average Bonchev–Trinajstić information content (AvgIpc) is 2.67. The molecule has 1 amide bonds. The number of carbonyl (C=O) groups excluding carboxylic acids is 1. The van der Waals surface area contributed by atoms with Gasteiger partial charge in [0, 0.05) is 32.2 Å². The fraction of sp³-hybridized carbons (Fsp3) is 0.611. The third-order valence-corrected chi connectivity index (χ3v) is 6.21. The summed E-state index contributed by atoms with van der Waals surface area (Å²) in [7, 11) is -3.73. The van der Waals surface area contributed by atoms with Crippen LogP contribution in [0.5, 0.6) is 11.5 Å². The number of benzene rings is 1. The summed E-state index contributed by atoms with van der Waals surface area (Å²) >= 11 is 0. The Balaban J connectivity index is 0.00000392. The Bertz CT molecular complexity index is 745. The molecule has 0 radical (unpaired) electrons. The summed E-state index contributed by atoms with van der Waals surface area (Å²) in [5.74, 6) is 0.391. The highest BCUT2D eigenvalue weighted by molar-refractivity contribution is 7.89. The minimum Gasteiger partial charge on any atom is -0.490 e. The van der Waals surface area contributed by atoms with Gasteiger partial charge in [-0.25, -0.2) is 8.42 Å². The van der Waals surface area contributed by atoms with Gasteiger partial charge in [-0.2, -0.15) is 4.31 Å². The van der Waals surface area contributed by atoms with Gasteiger partial charge in [0.15, 0.2) is 11.5 Å². The Morgan fingerprint density at radius 3 is 2.57 bits per heavy atom. The number of ether oxygens (including phenoxy) is 2. The molecule has 2 rings (SSSR count). The van der Waals surface area contributed by atoms with E-state index in [0.29, 0.717) is 57.2 Å². The SMILES string of the molecule is CCOc1ccc(S(=O)(=O)N2CCCC(C(=O)NCCN)C2)cc1OCC.Cl. The summed E-state index contributed by atoms with van der Waals surface area (Å²) in [6, 6.07) is 4.61. The molecule has 10 heteroatoms. The minimum atomic E-state index is -3.73. The van der Waals surface area contributed by atoms with Gasteiger partial charge in [-0.1, -0.05) is 0 Å². The highest BCUT2D eigenvalue weighted by Gasteiger charge is 2.33. The van der Waals surface area contributed by atoms with Gasteiger partial charge >= 0.3 is 0 Å². The van der Waals surface area contributed by atoms with Crippen LogP contribution in [0.3, 0.4) is 0 Å². The maximum atomic E-state index is 13.1. The molecule has 0 bridgehead atoms. The van der Waals surface area contributed by atoms with Crippen molar-refractivity contribution in [3.05, 3.63) is 18.2 Å². The highest BCUT2D eigenvalue weighted by atomic mass is 35.5. The van der Waals surface area contributed by atoms with E-state index in [1.54, 1.807) is 6.07 Å². The molecule has 0 spiro atoms. The smallest absolute Gasteiger partial charge is 0.243 e. The van der Waals surface area contributed by atoms with Gasteiger partial charge in [0.2, 0.25) is 15.9 Å². The third-order valence-electron chi connectivity index (χ3n) is 4.35. The van der Waals surface area contributed by atoms with E-state index in [1.165, 1.54) is 16.4 Å². The molecule has 1 heterocycles. The first-order valence-corrected chi connectivity index (χ1v) is 10.8. The second-order valence-corrected chi connectivity index (χ2v) is 8.19. The van der Waals surface area contributed by atoms with Gasteiger partial charge in [0.1, 0.15) is 0 Å². The largest absolute Gasteiger partial charge is 0.490 e. The zero-order valence-electron chi connectivity index (χ0n) is 16.3. The summed E-state index contributed by atoms with van der Waals surface area (Å²) in [4.78, 5) is 12.3. The molecule has 8 nitrogen and oxygen atoms in total. The van der Waals surface area contributed by atoms with Crippen molar-refractivity contribution in [2.45, 2.75) is 31.6 Å². The minimum absolute atomic E-state index is 0. The molecule has 3 N–H and O–H groups in total. The number of amides is 1. The molecule has 1 unspecified atom stereocenters. The van der Waals surface area contributed by atoms with E-state index in [2.05, 4.69) is 5.32 Å². The van der Waals surface area contributed by atoms with Gasteiger partial charge in [0.05, 0.1) is 24.0 Å². The number of hydrogen-bond donors (Lipinski definition) is 2. The third kappa shape index (κ3) is 5.97. The molecule has 0 saturated carbocycles. The van der Waals surface area contributed by atoms with Crippen molar-refractivity contribution in [1.82, 2.24) is 9.62 Å². The summed E-state index contributed by atoms with van der Waals surface area (Å²) < 4.78 is 38.5. The van der Waals surface area contributed by atoms with Crippen molar-refractivity contribution >= 4 is 28.3 Å². The quantitative estimate of drug-likeness (QED) is 0.606. The van der Waals surface area contributed by atoms with Crippen molar-refractivity contribution in [3.8, 4) is 11.5 Å². The number of carbonyl (C=O) groups is 1. The van der Waals surface area contributed by atoms with Crippen molar-refractivity contribution in [2.24, 2.45) is 11.7 Å². The van der Waals surface area contributed by atoms with E-state index in [0.717, 1.165) is 0 Å². The molecule has 1 fully saturated rings. The van der Waals surface area contributed by atoms with Crippen LogP contribution in [0.2, 0.25) is 0 Å². The molecule has 1 atom stereocenters. The second kappa shape index (κ2) is 11.5. The number of nitrogens with zero attached hydrogens (tertiary/aromatic N) is 1. The maximum Gasteiger partial charge on any atom is 0.243 e. The van der Waals surface area contributed by atoms with Crippen molar-refractivity contribution in [2.75, 3.05) is 39.4 Å². The molecular formula is C18H30ClN3O5S. The Kier molecular flexibility index (Phi) is 10.0. The first-order valence-electron chi connectivity index (χ1n) is 9.31. The van der Waals surface area contributed by atoms with Crippen LogP contribution < -0.4 is 20.5 Å². The fourth-order valence-corrected chi connectivity index (χ4v) is 4.60. The van der Waals surface area contributed by atoms with Crippen LogP contribution in [0.4, 0.5) is 0 Å². The standard InChI is InChI=1S/C18H29N3O5S.ClH/c1-3-25-16-8-7-15(12-17(16)26-4-2)27(23,24)21-11-5-6-14(13-21)18(22)20-10-9-19;/h7-8,12,14H,3-6,9-11,13,19H2,1-2H3,(H,20,22);1H. The molecule has 1 aromatic rings.